The Balaban J connectivity index is 0. The Kier molecular flexibility index (Phi) is 16000. The van der Waals surface area contributed by atoms with Gasteiger partial charge in [0, 0.05) is 0 Å². The summed E-state index contributed by atoms with van der Waals surface area (Å²) in [5.41, 5.74) is 0. The average Bonchev–Trinajstić information content (AvgIpc) is 0. The van der Waals surface area contributed by atoms with E-state index >= 15 is 0 Å². The molecule has 0 aliphatic carbocycles. The average molecular weight is 112 g/mol. The van der Waals surface area contributed by atoms with Crippen molar-refractivity contribution in [1.82, 2.24) is 0 Å². The molecule has 0 spiro atoms. The van der Waals surface area contributed by atoms with Crippen molar-refractivity contribution in [1.29, 1.82) is 0 Å². The molecule has 0 fully saturated rings. The van der Waals surface area contributed by atoms with Crippen molar-refractivity contribution < 1.29 is 17.4 Å². The molecule has 1 heteroatoms. The normalized spacial score (nSPS) is 0. The molecule has 0 bridgehead atoms. The van der Waals surface area contributed by atoms with Gasteiger partial charge in [-0.05, 0) is 0 Å². The summed E-state index contributed by atoms with van der Waals surface area (Å²) in [5, 5.41) is 0. The summed E-state index contributed by atoms with van der Waals surface area (Å²) in [6.45, 7) is 0. The first-order chi connectivity index (χ1) is 0. The van der Waals surface area contributed by atoms with Gasteiger partial charge in [0.1, 0.15) is 0 Å². The molecule has 0 amide bonds. The Hall–Kier alpha value is 0.532. The van der Waals surface area contributed by atoms with E-state index in [0.29, 0.717) is 0 Å². The molecule has 0 aliphatic rings. The Morgan fingerprint density at radius 3 is 0.400 bits per heavy atom. The quantitative estimate of drug-likeness (QED) is 0.419. The largest absolute Gasteiger partial charge is 4.00 e. The molecule has 5 heavy (non-hydrogen) atoms. The van der Waals surface area contributed by atoms with Gasteiger partial charge in [-0.25, -0.2) is 0 Å². The zero-order chi connectivity index (χ0) is 0. The van der Waals surface area contributed by atoms with Crippen molar-refractivity contribution in [2.75, 3.05) is 0 Å². The van der Waals surface area contributed by atoms with Crippen LogP contribution in [-0.4, -0.2) is 0 Å². The molecule has 0 N–H and O–H groups in total. The van der Waals surface area contributed by atoms with E-state index in [-0.39, 0.29) is 47.1 Å². The van der Waals surface area contributed by atoms with Crippen LogP contribution in [0.2, 0.25) is 0 Å². The number of hydrogen-bond donors (Lipinski definition) is 0. The van der Waals surface area contributed by atoms with Gasteiger partial charge in [-0.15, -0.1) is 0 Å². The fourth-order valence-corrected chi connectivity index (χ4v) is 0. The van der Waals surface area contributed by atoms with Gasteiger partial charge in [0.2, 0.25) is 0 Å². The fourth-order valence-electron chi connectivity index (χ4n) is 0. The summed E-state index contributed by atoms with van der Waals surface area (Å²) >= 11 is 0. The third-order valence-electron chi connectivity index (χ3n) is 0. The number of hydrogen-bond acceptors (Lipinski definition) is 0. The molecule has 0 heterocycles. The minimum atomic E-state index is 0. The molecular weight excluding hydrogens is 100 g/mol. The molecule has 0 rings (SSSR count). The van der Waals surface area contributed by atoms with Gasteiger partial charge in [-0.2, -0.15) is 0 Å². The van der Waals surface area contributed by atoms with Crippen molar-refractivity contribution in [3.05, 3.63) is 29.7 Å². The maximum atomic E-state index is 0. The van der Waals surface area contributed by atoms with Crippen LogP contribution >= 0.6 is 0 Å². The van der Waals surface area contributed by atoms with E-state index in [1.807, 2.05) is 0 Å². The van der Waals surface area contributed by atoms with Gasteiger partial charge in [0.25, 0.3) is 0 Å². The van der Waals surface area contributed by atoms with E-state index in [2.05, 4.69) is 0 Å². The van der Waals surface area contributed by atoms with Gasteiger partial charge in [0.05, 0.1) is 0 Å². The van der Waals surface area contributed by atoms with E-state index in [0.717, 1.165) is 0 Å². The summed E-state index contributed by atoms with van der Waals surface area (Å²) < 4.78 is 0. The van der Waals surface area contributed by atoms with Gasteiger partial charge in [-0.3, -0.25) is 0 Å². The third kappa shape index (κ3) is 103. The summed E-state index contributed by atoms with van der Waals surface area (Å²) in [7, 11) is 0. The van der Waals surface area contributed by atoms with Crippen LogP contribution in [0.4, 0.5) is 0 Å². The van der Waals surface area contributed by atoms with Gasteiger partial charge in [0.15, 0.2) is 0 Å². The van der Waals surface area contributed by atoms with Crippen LogP contribution in [0, 0.1) is 29.7 Å². The Labute approximate surface area is 47.7 Å². The maximum absolute atomic E-state index is 0. The van der Waals surface area contributed by atoms with Gasteiger partial charge >= 0.3 is 17.4 Å². The van der Waals surface area contributed by atoms with Gasteiger partial charge < -0.3 is 29.7 Å². The standard InChI is InChI=1S/4CH3.Cr/h4*1H3;/q4*-1;+4. The van der Waals surface area contributed by atoms with Crippen molar-refractivity contribution in [3.8, 4) is 0 Å². The van der Waals surface area contributed by atoms with Crippen molar-refractivity contribution >= 4 is 0 Å². The van der Waals surface area contributed by atoms with Crippen LogP contribution in [0.1, 0.15) is 0 Å². The van der Waals surface area contributed by atoms with Crippen LogP contribution < -0.4 is 0 Å². The zero-order valence-electron chi connectivity index (χ0n) is 4.41. The van der Waals surface area contributed by atoms with E-state index in [1.165, 1.54) is 0 Å². The van der Waals surface area contributed by atoms with Crippen molar-refractivity contribution in [3.63, 3.8) is 0 Å². The number of rotatable bonds is 0. The second kappa shape index (κ2) is 199. The third-order valence-corrected chi connectivity index (χ3v) is 0. The molecule has 34 valence electrons. The topological polar surface area (TPSA) is 0 Å². The molecule has 0 aromatic heterocycles. The van der Waals surface area contributed by atoms with Crippen LogP contribution in [0.25, 0.3) is 0 Å². The van der Waals surface area contributed by atoms with Crippen LogP contribution in [0.15, 0.2) is 0 Å². The predicted octanol–water partition coefficient (Wildman–Crippen LogP) is 1.80. The van der Waals surface area contributed by atoms with Crippen LogP contribution in [0.5, 0.6) is 0 Å². The maximum Gasteiger partial charge on any atom is 4.00 e. The predicted molar refractivity (Wildman–Crippen MR) is 25.7 cm³/mol. The first kappa shape index (κ1) is 401. The Bertz CT molecular complexity index is 3.61. The van der Waals surface area contributed by atoms with Crippen molar-refractivity contribution in [2.45, 2.75) is 0 Å². The summed E-state index contributed by atoms with van der Waals surface area (Å²) in [6, 6.07) is 0. The smallest absolute Gasteiger partial charge is 0.358 e. The van der Waals surface area contributed by atoms with E-state index in [9.17, 15) is 0 Å². The first-order valence-electron chi connectivity index (χ1n) is 0. The van der Waals surface area contributed by atoms with E-state index < -0.39 is 0 Å². The van der Waals surface area contributed by atoms with E-state index in [1.54, 1.807) is 0 Å². The second-order valence-corrected chi connectivity index (χ2v) is 0. The minimum Gasteiger partial charge on any atom is -0.358 e. The fraction of sp³-hybridized carbons (Fsp3) is 0. The Morgan fingerprint density at radius 2 is 0.400 bits per heavy atom. The van der Waals surface area contributed by atoms with Crippen LogP contribution in [0.3, 0.4) is 0 Å². The van der Waals surface area contributed by atoms with E-state index in [4.69, 9.17) is 0 Å². The Morgan fingerprint density at radius 1 is 0.400 bits per heavy atom. The molecule has 0 saturated heterocycles. The molecular formula is C4H12Cr. The summed E-state index contributed by atoms with van der Waals surface area (Å²) in [5.74, 6) is 0. The van der Waals surface area contributed by atoms with Crippen LogP contribution in [-0.2, 0) is 17.4 Å². The molecule has 0 aliphatic heterocycles. The summed E-state index contributed by atoms with van der Waals surface area (Å²) in [6.07, 6.45) is 0. The molecule has 0 radical (unpaired) electrons. The SMILES string of the molecule is [CH3-].[CH3-].[CH3-].[CH3-].[Cr+4]. The van der Waals surface area contributed by atoms with Gasteiger partial charge in [-0.1, -0.05) is 0 Å². The molecule has 0 saturated carbocycles. The van der Waals surface area contributed by atoms with Crippen molar-refractivity contribution in [2.24, 2.45) is 0 Å². The first-order valence-corrected chi connectivity index (χ1v) is 0. The molecule has 0 unspecified atom stereocenters. The molecule has 0 nitrogen and oxygen atoms in total. The molecule has 0 aromatic rings. The summed E-state index contributed by atoms with van der Waals surface area (Å²) in [4.78, 5) is 0. The minimum absolute atomic E-state index is 0. The zero-order valence-corrected chi connectivity index (χ0v) is 5.68. The molecule has 0 atom stereocenters. The molecule has 0 aromatic carbocycles. The second-order valence-electron chi connectivity index (χ2n) is 0. The monoisotopic (exact) mass is 112 g/mol.